The molecule has 0 N–H and O–H groups in total. The van der Waals surface area contributed by atoms with Crippen LogP contribution in [0.15, 0.2) is 11.1 Å². The molecule has 0 aliphatic heterocycles. The maximum atomic E-state index is 12.8. The summed E-state index contributed by atoms with van der Waals surface area (Å²) < 4.78 is 6.73. The van der Waals surface area contributed by atoms with Crippen LogP contribution in [0, 0.1) is 0 Å². The van der Waals surface area contributed by atoms with Gasteiger partial charge in [0.1, 0.15) is 10.9 Å². The molecule has 0 radical (unpaired) electrons. The van der Waals surface area contributed by atoms with Gasteiger partial charge in [0.15, 0.2) is 0 Å². The number of ether oxygens (including phenoxy) is 1. The highest BCUT2D eigenvalue weighted by Crippen LogP contribution is 2.34. The van der Waals surface area contributed by atoms with E-state index < -0.39 is 6.04 Å². The highest BCUT2D eigenvalue weighted by molar-refractivity contribution is 7.18. The highest BCUT2D eigenvalue weighted by atomic mass is 32.1. The van der Waals surface area contributed by atoms with Crippen LogP contribution in [0.5, 0.6) is 0 Å². The summed E-state index contributed by atoms with van der Waals surface area (Å²) in [5.41, 5.74) is 1.01. The number of nitrogens with zero attached hydrogens (tertiary/aromatic N) is 2. The molecule has 0 spiro atoms. The van der Waals surface area contributed by atoms with E-state index in [1.165, 1.54) is 15.8 Å². The molecule has 118 valence electrons. The molecule has 0 unspecified atom stereocenters. The van der Waals surface area contributed by atoms with Gasteiger partial charge < -0.3 is 4.74 Å². The molecule has 22 heavy (non-hydrogen) atoms. The van der Waals surface area contributed by atoms with Gasteiger partial charge in [0.05, 0.1) is 17.8 Å². The van der Waals surface area contributed by atoms with Gasteiger partial charge in [-0.15, -0.1) is 11.3 Å². The Morgan fingerprint density at radius 1 is 1.45 bits per heavy atom. The van der Waals surface area contributed by atoms with Crippen LogP contribution < -0.4 is 5.56 Å². The van der Waals surface area contributed by atoms with Crippen molar-refractivity contribution in [2.75, 3.05) is 0 Å². The third-order valence-corrected chi connectivity index (χ3v) is 5.50. The summed E-state index contributed by atoms with van der Waals surface area (Å²) in [5, 5.41) is 0.697. The van der Waals surface area contributed by atoms with Crippen molar-refractivity contribution in [1.82, 2.24) is 9.55 Å². The number of hydrogen-bond acceptors (Lipinski definition) is 5. The Morgan fingerprint density at radius 2 is 2.23 bits per heavy atom. The number of aromatic nitrogens is 2. The van der Waals surface area contributed by atoms with Crippen LogP contribution in [-0.2, 0) is 22.4 Å². The fourth-order valence-electron chi connectivity index (χ4n) is 2.77. The second-order valence-corrected chi connectivity index (χ2v) is 6.91. The minimum absolute atomic E-state index is 0.127. The summed E-state index contributed by atoms with van der Waals surface area (Å²) >= 11 is 1.60. The molecule has 2 heterocycles. The van der Waals surface area contributed by atoms with E-state index >= 15 is 0 Å². The summed E-state index contributed by atoms with van der Waals surface area (Å²) in [4.78, 5) is 31.4. The lowest BCUT2D eigenvalue weighted by molar-refractivity contribution is -0.152. The molecule has 0 saturated carbocycles. The van der Waals surface area contributed by atoms with E-state index in [-0.39, 0.29) is 17.6 Å². The topological polar surface area (TPSA) is 61.2 Å². The first kappa shape index (κ1) is 15.2. The zero-order valence-corrected chi connectivity index (χ0v) is 13.9. The predicted octanol–water partition coefficient (Wildman–Crippen LogP) is 2.85. The molecule has 2 aromatic rings. The molecule has 0 aromatic carbocycles. The third-order valence-electron chi connectivity index (χ3n) is 4.30. The molecular weight excluding hydrogens is 300 g/mol. The normalized spacial score (nSPS) is 16.5. The van der Waals surface area contributed by atoms with E-state index in [9.17, 15) is 9.59 Å². The number of rotatable bonds is 4. The average molecular weight is 320 g/mol. The van der Waals surface area contributed by atoms with Gasteiger partial charge in [0.2, 0.25) is 0 Å². The number of thiophene rings is 1. The molecule has 2 aromatic heterocycles. The summed E-state index contributed by atoms with van der Waals surface area (Å²) in [5.74, 6) is -0.385. The third kappa shape index (κ3) is 2.45. The van der Waals surface area contributed by atoms with Crippen molar-refractivity contribution in [1.29, 1.82) is 0 Å². The number of carbonyl (C=O) groups is 1. The van der Waals surface area contributed by atoms with Gasteiger partial charge in [0, 0.05) is 4.88 Å². The van der Waals surface area contributed by atoms with Crippen LogP contribution in [0.25, 0.3) is 10.2 Å². The molecule has 0 amide bonds. The zero-order chi connectivity index (χ0) is 15.9. The molecule has 1 aliphatic rings. The fourth-order valence-corrected chi connectivity index (χ4v) is 3.99. The highest BCUT2D eigenvalue weighted by Gasteiger charge is 2.25. The van der Waals surface area contributed by atoms with E-state index in [4.69, 9.17) is 4.74 Å². The molecule has 0 saturated heterocycles. The standard InChI is InChI=1S/C16H20N2O3S/c1-4-9(2)21-16(20)10(3)18-8-17-14-13(15(18)19)11-6-5-7-12(11)22-14/h8-10H,4-7H2,1-3H3/t9-,10-/m0/s1. The largest absolute Gasteiger partial charge is 0.461 e. The van der Waals surface area contributed by atoms with Gasteiger partial charge in [-0.1, -0.05) is 6.92 Å². The summed E-state index contributed by atoms with van der Waals surface area (Å²) in [6.45, 7) is 5.49. The number of hydrogen-bond donors (Lipinski definition) is 0. The van der Waals surface area contributed by atoms with Crippen LogP contribution >= 0.6 is 11.3 Å². The van der Waals surface area contributed by atoms with E-state index in [1.54, 1.807) is 18.3 Å². The summed E-state index contributed by atoms with van der Waals surface area (Å²) in [7, 11) is 0. The predicted molar refractivity (Wildman–Crippen MR) is 86.5 cm³/mol. The van der Waals surface area contributed by atoms with E-state index in [0.717, 1.165) is 36.1 Å². The lowest BCUT2D eigenvalue weighted by Crippen LogP contribution is -2.31. The molecule has 5 nitrogen and oxygen atoms in total. The van der Waals surface area contributed by atoms with Gasteiger partial charge in [-0.3, -0.25) is 9.36 Å². The maximum absolute atomic E-state index is 12.8. The number of esters is 1. The Labute approximate surface area is 132 Å². The molecule has 6 heteroatoms. The van der Waals surface area contributed by atoms with E-state index in [1.807, 2.05) is 13.8 Å². The molecular formula is C16H20N2O3S. The van der Waals surface area contributed by atoms with Crippen LogP contribution in [0.4, 0.5) is 0 Å². The van der Waals surface area contributed by atoms with E-state index in [0.29, 0.717) is 5.39 Å². The lowest BCUT2D eigenvalue weighted by atomic mass is 10.2. The molecule has 0 fully saturated rings. The van der Waals surface area contributed by atoms with Gasteiger partial charge in [-0.05, 0) is 45.1 Å². The van der Waals surface area contributed by atoms with Crippen molar-refractivity contribution in [3.05, 3.63) is 27.1 Å². The van der Waals surface area contributed by atoms with Gasteiger partial charge in [-0.2, -0.15) is 0 Å². The summed E-state index contributed by atoms with van der Waals surface area (Å²) in [6, 6.07) is -0.657. The smallest absolute Gasteiger partial charge is 0.329 e. The van der Waals surface area contributed by atoms with Crippen LogP contribution in [0.3, 0.4) is 0 Å². The Morgan fingerprint density at radius 3 is 2.95 bits per heavy atom. The van der Waals surface area contributed by atoms with Crippen LogP contribution in [-0.4, -0.2) is 21.6 Å². The number of carbonyl (C=O) groups excluding carboxylic acids is 1. The fraction of sp³-hybridized carbons (Fsp3) is 0.562. The first-order valence-electron chi connectivity index (χ1n) is 7.74. The van der Waals surface area contributed by atoms with Crippen molar-refractivity contribution in [3.8, 4) is 0 Å². The second-order valence-electron chi connectivity index (χ2n) is 5.83. The summed E-state index contributed by atoms with van der Waals surface area (Å²) in [6.07, 6.45) is 5.13. The maximum Gasteiger partial charge on any atom is 0.329 e. The van der Waals surface area contributed by atoms with Crippen molar-refractivity contribution in [2.45, 2.75) is 58.6 Å². The minimum atomic E-state index is -0.657. The van der Waals surface area contributed by atoms with Crippen molar-refractivity contribution >= 4 is 27.5 Å². The Hall–Kier alpha value is -1.69. The first-order chi connectivity index (χ1) is 10.5. The number of aryl methyl sites for hydroxylation is 2. The number of fused-ring (bicyclic) bond motifs is 3. The lowest BCUT2D eigenvalue weighted by Gasteiger charge is -2.17. The monoisotopic (exact) mass is 320 g/mol. The van der Waals surface area contributed by atoms with Crippen molar-refractivity contribution in [2.24, 2.45) is 0 Å². The SMILES string of the molecule is CC[C@H](C)OC(=O)[C@H](C)n1cnc2sc3c(c2c1=O)CCC3. The van der Waals surface area contributed by atoms with Gasteiger partial charge >= 0.3 is 5.97 Å². The molecule has 2 atom stereocenters. The van der Waals surface area contributed by atoms with Gasteiger partial charge in [-0.25, -0.2) is 9.78 Å². The second kappa shape index (κ2) is 5.83. The van der Waals surface area contributed by atoms with Crippen LogP contribution in [0.2, 0.25) is 0 Å². The molecule has 3 rings (SSSR count). The Bertz CT molecular complexity index is 778. The van der Waals surface area contributed by atoms with Crippen molar-refractivity contribution < 1.29 is 9.53 Å². The first-order valence-corrected chi connectivity index (χ1v) is 8.56. The Kier molecular flexibility index (Phi) is 4.04. The Balaban J connectivity index is 1.99. The van der Waals surface area contributed by atoms with E-state index in [2.05, 4.69) is 4.98 Å². The zero-order valence-electron chi connectivity index (χ0n) is 13.1. The quantitative estimate of drug-likeness (QED) is 0.813. The van der Waals surface area contributed by atoms with Crippen LogP contribution in [0.1, 0.15) is 50.1 Å². The average Bonchev–Trinajstić information content (AvgIpc) is 3.07. The van der Waals surface area contributed by atoms with Crippen molar-refractivity contribution in [3.63, 3.8) is 0 Å². The molecule has 0 bridgehead atoms. The van der Waals surface area contributed by atoms with Gasteiger partial charge in [0.25, 0.3) is 5.56 Å². The minimum Gasteiger partial charge on any atom is -0.461 e. The molecule has 1 aliphatic carbocycles.